The number of hydrogen-bond acceptors (Lipinski definition) is 6. The van der Waals surface area contributed by atoms with Crippen molar-refractivity contribution >= 4 is 15.9 Å². The van der Waals surface area contributed by atoms with Crippen LogP contribution in [0.25, 0.3) is 5.69 Å². The fourth-order valence-corrected chi connectivity index (χ4v) is 4.13. The predicted molar refractivity (Wildman–Crippen MR) is 111 cm³/mol. The number of pyridine rings is 1. The van der Waals surface area contributed by atoms with Crippen LogP contribution in [0.5, 0.6) is 0 Å². The maximum Gasteiger partial charge on any atom is 0.410 e. The molecule has 3 aromatic rings. The molecule has 170 valence electrons. The summed E-state index contributed by atoms with van der Waals surface area (Å²) in [5.74, 6) is -1.64. The second-order valence-electron chi connectivity index (χ2n) is 8.01. The number of aromatic nitrogens is 3. The first-order valence-electron chi connectivity index (χ1n) is 9.52. The second kappa shape index (κ2) is 8.65. The number of ether oxygens (including phenoxy) is 1. The number of carbonyl (C=O) groups excluding carboxylic acids is 1. The fourth-order valence-electron chi connectivity index (χ4n) is 2.77. The molecule has 11 heteroatoms. The van der Waals surface area contributed by atoms with Crippen LogP contribution in [0.3, 0.4) is 0 Å². The van der Waals surface area contributed by atoms with Crippen LogP contribution in [0.4, 0.5) is 13.6 Å². The minimum atomic E-state index is -4.20. The van der Waals surface area contributed by atoms with Gasteiger partial charge in [0.15, 0.2) is 5.03 Å². The van der Waals surface area contributed by atoms with Crippen LogP contribution in [0.15, 0.2) is 58.7 Å². The molecule has 0 aliphatic carbocycles. The van der Waals surface area contributed by atoms with Crippen molar-refractivity contribution in [3.05, 3.63) is 66.1 Å². The lowest BCUT2D eigenvalue weighted by atomic mass is 10.2. The molecule has 0 aliphatic heterocycles. The number of sulfone groups is 1. The average Bonchev–Trinajstić information content (AvgIpc) is 3.13. The van der Waals surface area contributed by atoms with Crippen molar-refractivity contribution in [2.75, 3.05) is 7.05 Å². The highest BCUT2D eigenvalue weighted by molar-refractivity contribution is 7.91. The monoisotopic (exact) mass is 464 g/mol. The average molecular weight is 464 g/mol. The van der Waals surface area contributed by atoms with Crippen LogP contribution in [-0.2, 0) is 21.1 Å². The van der Waals surface area contributed by atoms with Gasteiger partial charge in [-0.15, -0.1) is 0 Å². The maximum absolute atomic E-state index is 14.5. The summed E-state index contributed by atoms with van der Waals surface area (Å²) in [6.07, 6.45) is 1.89. The van der Waals surface area contributed by atoms with E-state index in [1.807, 2.05) is 0 Å². The Balaban J connectivity index is 2.09. The minimum Gasteiger partial charge on any atom is -0.444 e. The molecular formula is C21H22F2N4O4S. The summed E-state index contributed by atoms with van der Waals surface area (Å²) in [4.78, 5) is 17.1. The third-order valence-corrected chi connectivity index (χ3v) is 5.89. The van der Waals surface area contributed by atoms with Gasteiger partial charge in [0.05, 0.1) is 17.1 Å². The Labute approximate surface area is 184 Å². The summed E-state index contributed by atoms with van der Waals surface area (Å²) in [6, 6.07) is 6.59. The number of nitrogens with zero attached hydrogens (tertiary/aromatic N) is 4. The Morgan fingerprint density at radius 2 is 1.91 bits per heavy atom. The number of halogens is 2. The van der Waals surface area contributed by atoms with E-state index in [0.717, 1.165) is 29.1 Å². The van der Waals surface area contributed by atoms with Gasteiger partial charge in [-0.3, -0.25) is 4.98 Å². The molecule has 0 bridgehead atoms. The first kappa shape index (κ1) is 23.3. The highest BCUT2D eigenvalue weighted by Crippen LogP contribution is 2.26. The summed E-state index contributed by atoms with van der Waals surface area (Å²) in [6.45, 7) is 4.99. The summed E-state index contributed by atoms with van der Waals surface area (Å²) < 4.78 is 60.9. The van der Waals surface area contributed by atoms with Crippen molar-refractivity contribution in [1.29, 1.82) is 0 Å². The van der Waals surface area contributed by atoms with Crippen molar-refractivity contribution in [1.82, 2.24) is 19.7 Å². The van der Waals surface area contributed by atoms with Gasteiger partial charge >= 0.3 is 6.09 Å². The molecule has 1 amide bonds. The number of rotatable bonds is 5. The molecule has 0 unspecified atom stereocenters. The van der Waals surface area contributed by atoms with Crippen LogP contribution < -0.4 is 0 Å². The quantitative estimate of drug-likeness (QED) is 0.571. The smallest absolute Gasteiger partial charge is 0.410 e. The van der Waals surface area contributed by atoms with Crippen LogP contribution >= 0.6 is 0 Å². The third kappa shape index (κ3) is 5.10. The maximum atomic E-state index is 14.5. The van der Waals surface area contributed by atoms with E-state index in [-0.39, 0.29) is 17.1 Å². The Hall–Kier alpha value is -3.34. The van der Waals surface area contributed by atoms with Crippen molar-refractivity contribution in [2.24, 2.45) is 0 Å². The van der Waals surface area contributed by atoms with Crippen LogP contribution in [0.1, 0.15) is 26.5 Å². The van der Waals surface area contributed by atoms with Gasteiger partial charge in [0, 0.05) is 31.6 Å². The standard InChI is InChI=1S/C21H22F2N4O4S/c1-21(2,3)31-20(28)26(4)13-15-11-19(32(29,30)16-6-5-9-24-12-16)27(25-15)18-10-14(22)7-8-17(18)23/h5-12H,13H2,1-4H3. The summed E-state index contributed by atoms with van der Waals surface area (Å²) >= 11 is 0. The lowest BCUT2D eigenvalue weighted by molar-refractivity contribution is 0.0283. The van der Waals surface area contributed by atoms with Gasteiger partial charge in [-0.25, -0.2) is 26.7 Å². The molecule has 1 aromatic carbocycles. The van der Waals surface area contributed by atoms with Gasteiger partial charge < -0.3 is 9.64 Å². The van der Waals surface area contributed by atoms with Gasteiger partial charge in [-0.2, -0.15) is 5.10 Å². The Morgan fingerprint density at radius 1 is 1.19 bits per heavy atom. The third-order valence-electron chi connectivity index (χ3n) is 4.19. The first-order valence-corrected chi connectivity index (χ1v) is 11.0. The zero-order chi connectivity index (χ0) is 23.7. The number of benzene rings is 1. The fraction of sp³-hybridized carbons (Fsp3) is 0.286. The van der Waals surface area contributed by atoms with Crippen molar-refractivity contribution in [2.45, 2.75) is 42.8 Å². The van der Waals surface area contributed by atoms with E-state index in [4.69, 9.17) is 4.74 Å². The van der Waals surface area contributed by atoms with E-state index in [9.17, 15) is 22.0 Å². The van der Waals surface area contributed by atoms with Gasteiger partial charge in [0.2, 0.25) is 9.84 Å². The molecule has 0 N–H and O–H groups in total. The highest BCUT2D eigenvalue weighted by Gasteiger charge is 2.28. The molecule has 0 fully saturated rings. The van der Waals surface area contributed by atoms with Crippen molar-refractivity contribution in [3.63, 3.8) is 0 Å². The Kier molecular flexibility index (Phi) is 6.31. The van der Waals surface area contributed by atoms with E-state index >= 15 is 0 Å². The molecule has 0 saturated heterocycles. The first-order chi connectivity index (χ1) is 14.9. The zero-order valence-electron chi connectivity index (χ0n) is 17.9. The van der Waals surface area contributed by atoms with Crippen LogP contribution in [0.2, 0.25) is 0 Å². The molecule has 3 rings (SSSR count). The molecule has 0 saturated carbocycles. The van der Waals surface area contributed by atoms with Gasteiger partial charge in [0.1, 0.15) is 22.9 Å². The minimum absolute atomic E-state index is 0.129. The molecule has 8 nitrogen and oxygen atoms in total. The molecule has 2 aromatic heterocycles. The molecule has 0 spiro atoms. The second-order valence-corrected chi connectivity index (χ2v) is 9.91. The molecule has 0 atom stereocenters. The van der Waals surface area contributed by atoms with E-state index in [1.165, 1.54) is 36.3 Å². The molecule has 0 radical (unpaired) electrons. The van der Waals surface area contributed by atoms with E-state index in [0.29, 0.717) is 0 Å². The van der Waals surface area contributed by atoms with Crippen molar-refractivity contribution in [3.8, 4) is 5.69 Å². The van der Waals surface area contributed by atoms with E-state index < -0.39 is 43.9 Å². The summed E-state index contributed by atoms with van der Waals surface area (Å²) in [5, 5.41) is 3.75. The lowest BCUT2D eigenvalue weighted by Crippen LogP contribution is -2.33. The molecule has 2 heterocycles. The van der Waals surface area contributed by atoms with Gasteiger partial charge in [-0.05, 0) is 45.0 Å². The van der Waals surface area contributed by atoms with Crippen molar-refractivity contribution < 1.29 is 26.7 Å². The van der Waals surface area contributed by atoms with Crippen LogP contribution in [0, 0.1) is 11.6 Å². The highest BCUT2D eigenvalue weighted by atomic mass is 32.2. The van der Waals surface area contributed by atoms with Gasteiger partial charge in [0.25, 0.3) is 0 Å². The summed E-state index contributed by atoms with van der Waals surface area (Å²) in [7, 11) is -2.75. The predicted octanol–water partition coefficient (Wildman–Crippen LogP) is 3.75. The zero-order valence-corrected chi connectivity index (χ0v) is 18.7. The molecular weight excluding hydrogens is 442 g/mol. The Bertz CT molecular complexity index is 1240. The summed E-state index contributed by atoms with van der Waals surface area (Å²) in [5.41, 5.74) is -0.993. The number of amides is 1. The molecule has 32 heavy (non-hydrogen) atoms. The number of carbonyl (C=O) groups is 1. The Morgan fingerprint density at radius 3 is 2.53 bits per heavy atom. The normalized spacial score (nSPS) is 11.9. The number of hydrogen-bond donors (Lipinski definition) is 0. The SMILES string of the molecule is CN(Cc1cc(S(=O)(=O)c2cccnc2)n(-c2cc(F)ccc2F)n1)C(=O)OC(C)(C)C. The molecule has 0 aliphatic rings. The van der Waals surface area contributed by atoms with Gasteiger partial charge in [-0.1, -0.05) is 0 Å². The topological polar surface area (TPSA) is 94.4 Å². The van der Waals surface area contributed by atoms with E-state index in [2.05, 4.69) is 10.1 Å². The lowest BCUT2D eigenvalue weighted by Gasteiger charge is -2.24. The van der Waals surface area contributed by atoms with Crippen LogP contribution in [-0.4, -0.2) is 46.8 Å². The largest absolute Gasteiger partial charge is 0.444 e. The van der Waals surface area contributed by atoms with E-state index in [1.54, 1.807) is 20.8 Å².